The fraction of sp³-hybridized carbons (Fsp3) is 0.0714. The molecule has 2 rings (SSSR count). The van der Waals surface area contributed by atoms with Crippen LogP contribution in [0.25, 0.3) is 0 Å². The average Bonchev–Trinajstić information content (AvgIpc) is 2.38. The molecule has 0 aliphatic rings. The molecule has 2 aromatic carbocycles. The first-order chi connectivity index (χ1) is 8.59. The molecule has 0 aromatic heterocycles. The van der Waals surface area contributed by atoms with Crippen LogP contribution in [0, 0.1) is 0 Å². The van der Waals surface area contributed by atoms with E-state index in [1.165, 1.54) is 0 Å². The van der Waals surface area contributed by atoms with Crippen LogP contribution < -0.4 is 10.6 Å². The first kappa shape index (κ1) is 12.5. The molecule has 0 heterocycles. The van der Waals surface area contributed by atoms with Gasteiger partial charge in [-0.05, 0) is 36.4 Å². The topological polar surface area (TPSA) is 46.3 Å². The molecule has 0 spiro atoms. The van der Waals surface area contributed by atoms with E-state index in [1.54, 1.807) is 60.5 Å². The fourth-order valence-electron chi connectivity index (χ4n) is 1.63. The zero-order chi connectivity index (χ0) is 13.1. The van der Waals surface area contributed by atoms with E-state index in [-0.39, 0.29) is 5.91 Å². The first-order valence-corrected chi connectivity index (χ1v) is 5.85. The summed E-state index contributed by atoms with van der Waals surface area (Å²) in [7, 11) is 1.71. The molecule has 0 aliphatic carbocycles. The van der Waals surface area contributed by atoms with E-state index in [1.807, 2.05) is 0 Å². The number of nitrogens with zero attached hydrogens (tertiary/aromatic N) is 1. The van der Waals surface area contributed by atoms with Gasteiger partial charge in [0.1, 0.15) is 0 Å². The van der Waals surface area contributed by atoms with Crippen LogP contribution in [0.1, 0.15) is 10.4 Å². The van der Waals surface area contributed by atoms with E-state index in [0.29, 0.717) is 16.3 Å². The highest BCUT2D eigenvalue weighted by Crippen LogP contribution is 2.21. The second-order valence-electron chi connectivity index (χ2n) is 3.94. The Labute approximate surface area is 111 Å². The molecule has 3 nitrogen and oxygen atoms in total. The predicted octanol–water partition coefficient (Wildman–Crippen LogP) is 3.20. The summed E-state index contributed by atoms with van der Waals surface area (Å²) in [4.78, 5) is 13.8. The van der Waals surface area contributed by atoms with Crippen molar-refractivity contribution in [3.8, 4) is 0 Å². The van der Waals surface area contributed by atoms with Crippen LogP contribution in [0.4, 0.5) is 11.4 Å². The Balaban J connectivity index is 2.29. The molecule has 0 fully saturated rings. The van der Waals surface area contributed by atoms with E-state index < -0.39 is 0 Å². The number of nitrogen functional groups attached to an aromatic ring is 1. The van der Waals surface area contributed by atoms with Crippen molar-refractivity contribution in [2.75, 3.05) is 17.7 Å². The van der Waals surface area contributed by atoms with Gasteiger partial charge in [0.2, 0.25) is 0 Å². The minimum absolute atomic E-state index is 0.148. The van der Waals surface area contributed by atoms with Crippen molar-refractivity contribution in [1.82, 2.24) is 0 Å². The molecule has 2 aromatic rings. The zero-order valence-electron chi connectivity index (χ0n) is 9.93. The third kappa shape index (κ3) is 2.46. The number of benzene rings is 2. The molecule has 92 valence electrons. The molecule has 18 heavy (non-hydrogen) atoms. The molecule has 0 saturated carbocycles. The maximum Gasteiger partial charge on any atom is 0.259 e. The Bertz CT molecular complexity index is 566. The van der Waals surface area contributed by atoms with Crippen molar-refractivity contribution in [3.63, 3.8) is 0 Å². The first-order valence-electron chi connectivity index (χ1n) is 5.47. The molecule has 0 saturated heterocycles. The van der Waals surface area contributed by atoms with Gasteiger partial charge in [-0.1, -0.05) is 23.7 Å². The minimum Gasteiger partial charge on any atom is -0.399 e. The normalized spacial score (nSPS) is 10.1. The minimum atomic E-state index is -0.148. The number of amides is 1. The highest BCUT2D eigenvalue weighted by molar-refractivity contribution is 6.34. The van der Waals surface area contributed by atoms with Gasteiger partial charge in [0, 0.05) is 18.4 Å². The predicted molar refractivity (Wildman–Crippen MR) is 75.0 cm³/mol. The zero-order valence-corrected chi connectivity index (χ0v) is 10.7. The summed E-state index contributed by atoms with van der Waals surface area (Å²) in [6, 6.07) is 14.1. The van der Waals surface area contributed by atoms with Crippen molar-refractivity contribution in [2.45, 2.75) is 0 Å². The highest BCUT2D eigenvalue weighted by Gasteiger charge is 2.15. The molecule has 0 aliphatic heterocycles. The van der Waals surface area contributed by atoms with Gasteiger partial charge in [-0.25, -0.2) is 0 Å². The summed E-state index contributed by atoms with van der Waals surface area (Å²) in [5, 5.41) is 0.449. The van der Waals surface area contributed by atoms with Crippen molar-refractivity contribution in [2.24, 2.45) is 0 Å². The molecule has 1 amide bonds. The third-order valence-corrected chi connectivity index (χ3v) is 3.02. The summed E-state index contributed by atoms with van der Waals surface area (Å²) in [5.41, 5.74) is 7.53. The molecule has 2 N–H and O–H groups in total. The van der Waals surface area contributed by atoms with Gasteiger partial charge in [0.15, 0.2) is 0 Å². The SMILES string of the molecule is CN(C(=O)c1ccccc1Cl)c1ccc(N)cc1. The van der Waals surface area contributed by atoms with Gasteiger partial charge < -0.3 is 10.6 Å². The second-order valence-corrected chi connectivity index (χ2v) is 4.34. The van der Waals surface area contributed by atoms with E-state index in [9.17, 15) is 4.79 Å². The van der Waals surface area contributed by atoms with E-state index >= 15 is 0 Å². The van der Waals surface area contributed by atoms with Crippen molar-refractivity contribution in [3.05, 3.63) is 59.1 Å². The molecule has 0 bridgehead atoms. The van der Waals surface area contributed by atoms with E-state index in [2.05, 4.69) is 0 Å². The maximum absolute atomic E-state index is 12.3. The quantitative estimate of drug-likeness (QED) is 0.843. The van der Waals surface area contributed by atoms with Gasteiger partial charge in [-0.3, -0.25) is 4.79 Å². The lowest BCUT2D eigenvalue weighted by molar-refractivity contribution is 0.0993. The lowest BCUT2D eigenvalue weighted by atomic mass is 10.2. The molecular weight excluding hydrogens is 248 g/mol. The van der Waals surface area contributed by atoms with Crippen LogP contribution in [0.5, 0.6) is 0 Å². The van der Waals surface area contributed by atoms with Crippen molar-refractivity contribution in [1.29, 1.82) is 0 Å². The number of halogens is 1. The summed E-state index contributed by atoms with van der Waals surface area (Å²) in [5.74, 6) is -0.148. The van der Waals surface area contributed by atoms with Crippen molar-refractivity contribution < 1.29 is 4.79 Å². The van der Waals surface area contributed by atoms with Crippen LogP contribution in [-0.4, -0.2) is 13.0 Å². The van der Waals surface area contributed by atoms with Gasteiger partial charge in [0.25, 0.3) is 5.91 Å². The molecule has 0 atom stereocenters. The van der Waals surface area contributed by atoms with E-state index in [4.69, 9.17) is 17.3 Å². The number of nitrogens with two attached hydrogens (primary N) is 1. The Hall–Kier alpha value is -2.00. The monoisotopic (exact) mass is 260 g/mol. The lowest BCUT2D eigenvalue weighted by Crippen LogP contribution is -2.26. The van der Waals surface area contributed by atoms with Crippen molar-refractivity contribution >= 4 is 28.9 Å². The van der Waals surface area contributed by atoms with Gasteiger partial charge in [-0.15, -0.1) is 0 Å². The highest BCUT2D eigenvalue weighted by atomic mass is 35.5. The van der Waals surface area contributed by atoms with Crippen LogP contribution in [0.2, 0.25) is 5.02 Å². The Kier molecular flexibility index (Phi) is 3.53. The largest absolute Gasteiger partial charge is 0.399 e. The molecule has 0 unspecified atom stereocenters. The number of carbonyl (C=O) groups is 1. The van der Waals surface area contributed by atoms with Gasteiger partial charge >= 0.3 is 0 Å². The number of carbonyl (C=O) groups excluding carboxylic acids is 1. The number of hydrogen-bond acceptors (Lipinski definition) is 2. The Morgan fingerprint density at radius 2 is 1.72 bits per heavy atom. The van der Waals surface area contributed by atoms with Crippen LogP contribution in [-0.2, 0) is 0 Å². The summed E-state index contributed by atoms with van der Waals surface area (Å²) >= 11 is 6.01. The molecular formula is C14H13ClN2O. The number of anilines is 2. The lowest BCUT2D eigenvalue weighted by Gasteiger charge is -2.18. The Morgan fingerprint density at radius 1 is 1.11 bits per heavy atom. The summed E-state index contributed by atoms with van der Waals surface area (Å²) in [6.45, 7) is 0. The maximum atomic E-state index is 12.3. The van der Waals surface area contributed by atoms with Crippen LogP contribution in [0.15, 0.2) is 48.5 Å². The van der Waals surface area contributed by atoms with Crippen LogP contribution >= 0.6 is 11.6 Å². The van der Waals surface area contributed by atoms with Gasteiger partial charge in [-0.2, -0.15) is 0 Å². The number of rotatable bonds is 2. The standard InChI is InChI=1S/C14H13ClN2O/c1-17(11-8-6-10(16)7-9-11)14(18)12-4-2-3-5-13(12)15/h2-9H,16H2,1H3. The van der Waals surface area contributed by atoms with Gasteiger partial charge in [0.05, 0.1) is 10.6 Å². The average molecular weight is 261 g/mol. The second kappa shape index (κ2) is 5.10. The Morgan fingerprint density at radius 3 is 2.33 bits per heavy atom. The smallest absolute Gasteiger partial charge is 0.259 e. The third-order valence-electron chi connectivity index (χ3n) is 2.69. The van der Waals surface area contributed by atoms with E-state index in [0.717, 1.165) is 5.69 Å². The number of hydrogen-bond donors (Lipinski definition) is 1. The van der Waals surface area contributed by atoms with Crippen LogP contribution in [0.3, 0.4) is 0 Å². The molecule has 4 heteroatoms. The fourth-order valence-corrected chi connectivity index (χ4v) is 1.85. The summed E-state index contributed by atoms with van der Waals surface area (Å²) in [6.07, 6.45) is 0. The summed E-state index contributed by atoms with van der Waals surface area (Å²) < 4.78 is 0. The molecule has 0 radical (unpaired) electrons.